The van der Waals surface area contributed by atoms with Gasteiger partial charge < -0.3 is 19.7 Å². The maximum absolute atomic E-state index is 13.9. The van der Waals surface area contributed by atoms with E-state index in [2.05, 4.69) is 5.32 Å². The van der Waals surface area contributed by atoms with Gasteiger partial charge in [0.2, 0.25) is 11.8 Å². The molecule has 6 nitrogen and oxygen atoms in total. The Kier molecular flexibility index (Phi) is 11.4. The summed E-state index contributed by atoms with van der Waals surface area (Å²) in [5.74, 6) is 1.06. The van der Waals surface area contributed by atoms with Crippen molar-refractivity contribution in [3.05, 3.63) is 94.5 Å². The summed E-state index contributed by atoms with van der Waals surface area (Å²) >= 11 is 6.12. The second kappa shape index (κ2) is 14.8. The van der Waals surface area contributed by atoms with Crippen molar-refractivity contribution in [3.63, 3.8) is 0 Å². The van der Waals surface area contributed by atoms with E-state index in [1.807, 2.05) is 95.3 Å². The number of hydrogen-bond acceptors (Lipinski definition) is 4. The van der Waals surface area contributed by atoms with Gasteiger partial charge >= 0.3 is 0 Å². The lowest BCUT2D eigenvalue weighted by Crippen LogP contribution is -2.54. The zero-order chi connectivity index (χ0) is 29.1. The number of carbonyl (C=O) groups is 2. The van der Waals surface area contributed by atoms with Crippen LogP contribution in [0.1, 0.15) is 57.7 Å². The zero-order valence-corrected chi connectivity index (χ0v) is 25.0. The van der Waals surface area contributed by atoms with Crippen LogP contribution in [0.25, 0.3) is 0 Å². The highest BCUT2D eigenvalue weighted by molar-refractivity contribution is 6.30. The number of carbonyl (C=O) groups excluding carboxylic acids is 2. The molecule has 3 rings (SSSR count). The molecule has 3 aromatic rings. The van der Waals surface area contributed by atoms with Gasteiger partial charge in [0, 0.05) is 29.9 Å². The van der Waals surface area contributed by atoms with E-state index in [1.165, 1.54) is 0 Å². The van der Waals surface area contributed by atoms with Gasteiger partial charge in [-0.25, -0.2) is 0 Å². The fraction of sp³-hybridized carbons (Fsp3) is 0.394. The Hall–Kier alpha value is -3.51. The standard InChI is InChI=1S/C33H41ClN2O4/c1-6-39-29-19-15-25(22-30(29)40-7-2)16-20-31(37)36(23-26-13-17-27(34)18-14-26)28(32(38)35-33(3,4)5)21-24-11-9-8-10-12-24/h8-15,17-19,22,28H,6-7,16,20-21,23H2,1-5H3,(H,35,38). The monoisotopic (exact) mass is 564 g/mol. The molecular formula is C33H41ClN2O4. The highest BCUT2D eigenvalue weighted by Gasteiger charge is 2.32. The van der Waals surface area contributed by atoms with Crippen LogP contribution in [0.4, 0.5) is 0 Å². The first-order valence-corrected chi connectivity index (χ1v) is 14.3. The van der Waals surface area contributed by atoms with Crippen LogP contribution in [0.5, 0.6) is 11.5 Å². The molecule has 0 fully saturated rings. The average Bonchev–Trinajstić information content (AvgIpc) is 2.91. The van der Waals surface area contributed by atoms with Crippen LogP contribution in [0.3, 0.4) is 0 Å². The summed E-state index contributed by atoms with van der Waals surface area (Å²) in [5.41, 5.74) is 2.40. The molecule has 2 amide bonds. The predicted octanol–water partition coefficient (Wildman–Crippen LogP) is 6.62. The first-order chi connectivity index (χ1) is 19.1. The van der Waals surface area contributed by atoms with Crippen LogP contribution in [0.15, 0.2) is 72.8 Å². The summed E-state index contributed by atoms with van der Waals surface area (Å²) in [6.45, 7) is 11.0. The van der Waals surface area contributed by atoms with Crippen LogP contribution >= 0.6 is 11.6 Å². The molecule has 0 aliphatic heterocycles. The predicted molar refractivity (Wildman–Crippen MR) is 161 cm³/mol. The molecule has 0 saturated carbocycles. The number of amides is 2. The average molecular weight is 565 g/mol. The smallest absolute Gasteiger partial charge is 0.243 e. The van der Waals surface area contributed by atoms with Crippen molar-refractivity contribution in [2.24, 2.45) is 0 Å². The molecule has 0 aliphatic rings. The van der Waals surface area contributed by atoms with Crippen molar-refractivity contribution < 1.29 is 19.1 Å². The largest absolute Gasteiger partial charge is 0.490 e. The van der Waals surface area contributed by atoms with Gasteiger partial charge in [0.1, 0.15) is 6.04 Å². The molecule has 1 N–H and O–H groups in total. The molecule has 0 heterocycles. The lowest BCUT2D eigenvalue weighted by atomic mass is 9.99. The van der Waals surface area contributed by atoms with Crippen molar-refractivity contribution in [1.29, 1.82) is 0 Å². The summed E-state index contributed by atoms with van der Waals surface area (Å²) in [4.78, 5) is 29.3. The van der Waals surface area contributed by atoms with Gasteiger partial charge in [-0.15, -0.1) is 0 Å². The molecule has 7 heteroatoms. The highest BCUT2D eigenvalue weighted by Crippen LogP contribution is 2.29. The van der Waals surface area contributed by atoms with Crippen LogP contribution in [-0.4, -0.2) is 41.5 Å². The van der Waals surface area contributed by atoms with E-state index >= 15 is 0 Å². The van der Waals surface area contributed by atoms with Crippen LogP contribution in [-0.2, 0) is 29.0 Å². The molecule has 0 radical (unpaired) electrons. The second-order valence-electron chi connectivity index (χ2n) is 10.7. The fourth-order valence-corrected chi connectivity index (χ4v) is 4.57. The highest BCUT2D eigenvalue weighted by atomic mass is 35.5. The number of halogens is 1. The minimum atomic E-state index is -0.691. The molecule has 40 heavy (non-hydrogen) atoms. The Balaban J connectivity index is 1.91. The normalized spacial score (nSPS) is 11.9. The molecule has 0 saturated heterocycles. The Morgan fingerprint density at radius 1 is 0.850 bits per heavy atom. The number of ether oxygens (including phenoxy) is 2. The van der Waals surface area contributed by atoms with Crippen LogP contribution in [0, 0.1) is 0 Å². The number of nitrogens with one attached hydrogen (secondary N) is 1. The lowest BCUT2D eigenvalue weighted by molar-refractivity contribution is -0.141. The maximum atomic E-state index is 13.9. The summed E-state index contributed by atoms with van der Waals surface area (Å²) in [6, 6.07) is 22.3. The van der Waals surface area contributed by atoms with E-state index in [0.717, 1.165) is 16.7 Å². The van der Waals surface area contributed by atoms with E-state index in [-0.39, 0.29) is 18.2 Å². The van der Waals surface area contributed by atoms with E-state index in [1.54, 1.807) is 17.0 Å². The SMILES string of the molecule is CCOc1ccc(CCC(=O)N(Cc2ccc(Cl)cc2)C(Cc2ccccc2)C(=O)NC(C)(C)C)cc1OCC. The second-order valence-corrected chi connectivity index (χ2v) is 11.2. The topological polar surface area (TPSA) is 67.9 Å². The molecule has 0 spiro atoms. The Morgan fingerprint density at radius 3 is 2.10 bits per heavy atom. The molecular weight excluding hydrogens is 524 g/mol. The molecule has 3 aromatic carbocycles. The first kappa shape index (κ1) is 31.0. The molecule has 214 valence electrons. The summed E-state index contributed by atoms with van der Waals surface area (Å²) < 4.78 is 11.5. The van der Waals surface area contributed by atoms with Crippen molar-refractivity contribution in [1.82, 2.24) is 10.2 Å². The number of rotatable bonds is 13. The third-order valence-corrected chi connectivity index (χ3v) is 6.52. The molecule has 1 atom stereocenters. The minimum Gasteiger partial charge on any atom is -0.490 e. The Bertz CT molecular complexity index is 1240. The van der Waals surface area contributed by atoms with Crippen molar-refractivity contribution in [3.8, 4) is 11.5 Å². The van der Waals surface area contributed by atoms with Gasteiger partial charge in [-0.05, 0) is 82.0 Å². The lowest BCUT2D eigenvalue weighted by Gasteiger charge is -2.34. The van der Waals surface area contributed by atoms with E-state index in [9.17, 15) is 9.59 Å². The quantitative estimate of drug-likeness (QED) is 0.253. The zero-order valence-electron chi connectivity index (χ0n) is 24.2. The van der Waals surface area contributed by atoms with Gasteiger partial charge in [0.25, 0.3) is 0 Å². The number of nitrogens with zero attached hydrogens (tertiary/aromatic N) is 1. The van der Waals surface area contributed by atoms with E-state index in [0.29, 0.717) is 49.1 Å². The Morgan fingerprint density at radius 2 is 1.48 bits per heavy atom. The fourth-order valence-electron chi connectivity index (χ4n) is 4.44. The molecule has 0 aliphatic carbocycles. The van der Waals surface area contributed by atoms with Gasteiger partial charge in [-0.3, -0.25) is 9.59 Å². The van der Waals surface area contributed by atoms with Crippen LogP contribution < -0.4 is 14.8 Å². The molecule has 0 aromatic heterocycles. The molecule has 0 bridgehead atoms. The van der Waals surface area contributed by atoms with Crippen molar-refractivity contribution in [2.45, 2.75) is 72.0 Å². The van der Waals surface area contributed by atoms with Gasteiger partial charge in [0.15, 0.2) is 11.5 Å². The maximum Gasteiger partial charge on any atom is 0.243 e. The number of aryl methyl sites for hydroxylation is 1. The Labute approximate surface area is 243 Å². The number of benzene rings is 3. The first-order valence-electron chi connectivity index (χ1n) is 13.9. The van der Waals surface area contributed by atoms with Gasteiger partial charge in [-0.2, -0.15) is 0 Å². The van der Waals surface area contributed by atoms with Crippen LogP contribution in [0.2, 0.25) is 5.02 Å². The third-order valence-electron chi connectivity index (χ3n) is 6.27. The summed E-state index contributed by atoms with van der Waals surface area (Å²) in [7, 11) is 0. The van der Waals surface area contributed by atoms with E-state index < -0.39 is 11.6 Å². The number of hydrogen-bond donors (Lipinski definition) is 1. The summed E-state index contributed by atoms with van der Waals surface area (Å²) in [5, 5.41) is 3.72. The molecule has 1 unspecified atom stereocenters. The third kappa shape index (κ3) is 9.60. The minimum absolute atomic E-state index is 0.105. The van der Waals surface area contributed by atoms with Crippen molar-refractivity contribution >= 4 is 23.4 Å². The van der Waals surface area contributed by atoms with E-state index in [4.69, 9.17) is 21.1 Å². The van der Waals surface area contributed by atoms with Gasteiger partial charge in [0.05, 0.1) is 13.2 Å². The summed E-state index contributed by atoms with van der Waals surface area (Å²) in [6.07, 6.45) is 1.14. The van der Waals surface area contributed by atoms with Gasteiger partial charge in [-0.1, -0.05) is 60.1 Å². The van der Waals surface area contributed by atoms with Crippen molar-refractivity contribution in [2.75, 3.05) is 13.2 Å².